The zero-order chi connectivity index (χ0) is 10.9. The normalized spacial score (nSPS) is 11.7. The van der Waals surface area contributed by atoms with Crippen LogP contribution >= 0.6 is 0 Å². The van der Waals surface area contributed by atoms with Gasteiger partial charge >= 0.3 is 12.1 Å². The molecule has 0 spiro atoms. The van der Waals surface area contributed by atoms with Gasteiger partial charge in [-0.2, -0.15) is 13.2 Å². The van der Waals surface area contributed by atoms with Gasteiger partial charge in [-0.1, -0.05) is 5.21 Å². The van der Waals surface area contributed by atoms with E-state index in [1.165, 1.54) is 6.92 Å². The second kappa shape index (κ2) is 3.28. The van der Waals surface area contributed by atoms with Crippen LogP contribution in [0.3, 0.4) is 0 Å². The summed E-state index contributed by atoms with van der Waals surface area (Å²) in [7, 11) is 0. The van der Waals surface area contributed by atoms with Crippen molar-refractivity contribution in [2.75, 3.05) is 0 Å². The van der Waals surface area contributed by atoms with Gasteiger partial charge in [-0.05, 0) is 6.92 Å². The van der Waals surface area contributed by atoms with E-state index in [1.807, 2.05) is 0 Å². The van der Waals surface area contributed by atoms with E-state index in [4.69, 9.17) is 5.11 Å². The molecule has 8 heteroatoms. The summed E-state index contributed by atoms with van der Waals surface area (Å²) in [5.74, 6) is -1.74. The van der Waals surface area contributed by atoms with Crippen molar-refractivity contribution in [3.63, 3.8) is 0 Å². The highest BCUT2D eigenvalue weighted by atomic mass is 19.4. The van der Waals surface area contributed by atoms with E-state index in [9.17, 15) is 18.0 Å². The van der Waals surface area contributed by atoms with Crippen LogP contribution in [-0.4, -0.2) is 26.1 Å². The maximum Gasteiger partial charge on any atom is 0.435 e. The molecular formula is C6H6F3N3O2. The third-order valence-electron chi connectivity index (χ3n) is 1.51. The number of nitrogens with zero attached hydrogens (tertiary/aromatic N) is 3. The van der Waals surface area contributed by atoms with Gasteiger partial charge in [0.15, 0.2) is 5.69 Å². The van der Waals surface area contributed by atoms with Crippen molar-refractivity contribution in [1.82, 2.24) is 15.0 Å². The summed E-state index contributed by atoms with van der Waals surface area (Å²) >= 11 is 0. The first-order valence-electron chi connectivity index (χ1n) is 3.62. The third-order valence-corrected chi connectivity index (χ3v) is 1.51. The van der Waals surface area contributed by atoms with Gasteiger partial charge < -0.3 is 5.11 Å². The van der Waals surface area contributed by atoms with Crippen molar-refractivity contribution < 1.29 is 23.1 Å². The smallest absolute Gasteiger partial charge is 0.435 e. The number of aromatic nitrogens is 3. The molecular weight excluding hydrogens is 203 g/mol. The number of carboxylic acids is 1. The van der Waals surface area contributed by atoms with E-state index in [-0.39, 0.29) is 6.54 Å². The molecule has 0 bridgehead atoms. The lowest BCUT2D eigenvalue weighted by atomic mass is 10.3. The lowest BCUT2D eigenvalue weighted by Crippen LogP contribution is -2.17. The third kappa shape index (κ3) is 1.68. The van der Waals surface area contributed by atoms with Crippen LogP contribution in [-0.2, 0) is 12.7 Å². The van der Waals surface area contributed by atoms with Gasteiger partial charge in [0.2, 0.25) is 5.69 Å². The second-order valence-corrected chi connectivity index (χ2v) is 2.41. The fourth-order valence-electron chi connectivity index (χ4n) is 0.959. The molecule has 1 rings (SSSR count). The highest BCUT2D eigenvalue weighted by Gasteiger charge is 2.41. The standard InChI is InChI=1S/C6H6F3N3O2/c1-2-12-4(6(7,8)9)3(5(13)14)10-11-12/h2H2,1H3,(H,13,14). The number of halogens is 3. The minimum absolute atomic E-state index is 0.0882. The fourth-order valence-corrected chi connectivity index (χ4v) is 0.959. The lowest BCUT2D eigenvalue weighted by Gasteiger charge is -2.07. The Balaban J connectivity index is 3.34. The molecule has 0 fully saturated rings. The van der Waals surface area contributed by atoms with Crippen molar-refractivity contribution in [3.8, 4) is 0 Å². The van der Waals surface area contributed by atoms with Crippen LogP contribution in [0.2, 0.25) is 0 Å². The van der Waals surface area contributed by atoms with Crippen molar-refractivity contribution in [3.05, 3.63) is 11.4 Å². The number of carboxylic acid groups (broad SMARTS) is 1. The van der Waals surface area contributed by atoms with E-state index < -0.39 is 23.5 Å². The monoisotopic (exact) mass is 209 g/mol. The van der Waals surface area contributed by atoms with Crippen molar-refractivity contribution in [2.45, 2.75) is 19.6 Å². The molecule has 1 aromatic heterocycles. The maximum atomic E-state index is 12.3. The molecule has 0 saturated heterocycles. The molecule has 1 aromatic rings. The zero-order valence-electron chi connectivity index (χ0n) is 7.04. The average Bonchev–Trinajstić information content (AvgIpc) is 2.45. The topological polar surface area (TPSA) is 68.0 Å². The van der Waals surface area contributed by atoms with Gasteiger partial charge in [0.25, 0.3) is 0 Å². The Hall–Kier alpha value is -1.60. The van der Waals surface area contributed by atoms with Crippen LogP contribution < -0.4 is 0 Å². The summed E-state index contributed by atoms with van der Waals surface area (Å²) in [5.41, 5.74) is -2.40. The molecule has 0 aromatic carbocycles. The van der Waals surface area contributed by atoms with Gasteiger partial charge in [-0.15, -0.1) is 5.10 Å². The summed E-state index contributed by atoms with van der Waals surface area (Å²) < 4.78 is 37.5. The summed E-state index contributed by atoms with van der Waals surface area (Å²) in [6, 6.07) is 0. The van der Waals surface area contributed by atoms with Crippen LogP contribution in [0.15, 0.2) is 0 Å². The first-order valence-corrected chi connectivity index (χ1v) is 3.62. The number of aromatic carboxylic acids is 1. The number of rotatable bonds is 2. The van der Waals surface area contributed by atoms with E-state index >= 15 is 0 Å². The Labute approximate surface area is 76.1 Å². The van der Waals surface area contributed by atoms with Gasteiger partial charge in [0.05, 0.1) is 0 Å². The van der Waals surface area contributed by atoms with Gasteiger partial charge in [0.1, 0.15) is 0 Å². The number of hydrogen-bond acceptors (Lipinski definition) is 3. The quantitative estimate of drug-likeness (QED) is 0.789. The molecule has 0 amide bonds. The first kappa shape index (κ1) is 10.5. The summed E-state index contributed by atoms with van der Waals surface area (Å²) in [6.07, 6.45) is -4.76. The SMILES string of the molecule is CCn1nnc(C(=O)O)c1C(F)(F)F. The zero-order valence-corrected chi connectivity index (χ0v) is 7.04. The molecule has 0 aliphatic heterocycles. The maximum absolute atomic E-state index is 12.3. The highest BCUT2D eigenvalue weighted by molar-refractivity contribution is 5.86. The summed E-state index contributed by atoms with van der Waals surface area (Å²) in [6.45, 7) is 1.32. The minimum Gasteiger partial charge on any atom is -0.476 e. The van der Waals surface area contributed by atoms with Gasteiger partial charge in [-0.25, -0.2) is 9.48 Å². The van der Waals surface area contributed by atoms with Crippen molar-refractivity contribution in [2.24, 2.45) is 0 Å². The van der Waals surface area contributed by atoms with E-state index in [0.717, 1.165) is 0 Å². The van der Waals surface area contributed by atoms with Crippen LogP contribution in [0.5, 0.6) is 0 Å². The molecule has 0 atom stereocenters. The van der Waals surface area contributed by atoms with Crippen molar-refractivity contribution >= 4 is 5.97 Å². The fraction of sp³-hybridized carbons (Fsp3) is 0.500. The molecule has 5 nitrogen and oxygen atoms in total. The molecule has 0 aliphatic carbocycles. The van der Waals surface area contributed by atoms with Crippen molar-refractivity contribution in [1.29, 1.82) is 0 Å². The lowest BCUT2D eigenvalue weighted by molar-refractivity contribution is -0.144. The Morgan fingerprint density at radius 3 is 2.50 bits per heavy atom. The van der Waals surface area contributed by atoms with Crippen LogP contribution in [0, 0.1) is 0 Å². The molecule has 0 radical (unpaired) electrons. The first-order chi connectivity index (χ1) is 6.38. The number of aryl methyl sites for hydroxylation is 1. The molecule has 78 valence electrons. The van der Waals surface area contributed by atoms with E-state index in [1.54, 1.807) is 0 Å². The Morgan fingerprint density at radius 1 is 1.57 bits per heavy atom. The van der Waals surface area contributed by atoms with Crippen LogP contribution in [0.1, 0.15) is 23.1 Å². The van der Waals surface area contributed by atoms with Crippen LogP contribution in [0.25, 0.3) is 0 Å². The minimum atomic E-state index is -4.76. The predicted molar refractivity (Wildman–Crippen MR) is 37.7 cm³/mol. The Morgan fingerprint density at radius 2 is 2.14 bits per heavy atom. The van der Waals surface area contributed by atoms with E-state index in [0.29, 0.717) is 4.68 Å². The van der Waals surface area contributed by atoms with Crippen LogP contribution in [0.4, 0.5) is 13.2 Å². The average molecular weight is 209 g/mol. The second-order valence-electron chi connectivity index (χ2n) is 2.41. The molecule has 0 saturated carbocycles. The van der Waals surface area contributed by atoms with Gasteiger partial charge in [-0.3, -0.25) is 0 Å². The Bertz CT molecular complexity index is 358. The largest absolute Gasteiger partial charge is 0.476 e. The molecule has 0 unspecified atom stereocenters. The molecule has 0 aliphatic rings. The highest BCUT2D eigenvalue weighted by Crippen LogP contribution is 2.30. The van der Waals surface area contributed by atoms with E-state index in [2.05, 4.69) is 10.3 Å². The summed E-state index contributed by atoms with van der Waals surface area (Å²) in [5, 5.41) is 14.5. The Kier molecular flexibility index (Phi) is 2.45. The summed E-state index contributed by atoms with van der Waals surface area (Å²) in [4.78, 5) is 10.4. The predicted octanol–water partition coefficient (Wildman–Crippen LogP) is 1.01. The molecule has 1 N–H and O–H groups in total. The number of alkyl halides is 3. The molecule has 14 heavy (non-hydrogen) atoms. The number of hydrogen-bond donors (Lipinski definition) is 1. The number of carbonyl (C=O) groups is 1. The molecule has 1 heterocycles. The van der Waals surface area contributed by atoms with Gasteiger partial charge in [0, 0.05) is 6.54 Å².